The molecule has 1 N–H and O–H groups in total. The first kappa shape index (κ1) is 18.3. The van der Waals surface area contributed by atoms with Crippen LogP contribution in [0.4, 0.5) is 0 Å². The Morgan fingerprint density at radius 3 is 2.54 bits per heavy atom. The molecule has 1 aliphatic rings. The Labute approximate surface area is 141 Å². The highest BCUT2D eigenvalue weighted by molar-refractivity contribution is 5.86. The normalized spacial score (nSPS) is 26.8. The largest absolute Gasteiger partial charge is 0.493 e. The van der Waals surface area contributed by atoms with Gasteiger partial charge in [-0.25, -0.2) is 0 Å². The van der Waals surface area contributed by atoms with Gasteiger partial charge in [-0.15, -0.1) is 0 Å². The number of aliphatic hydroxyl groups is 1. The molecule has 1 saturated carbocycles. The SMILES string of the molecule is CCOC(=O)[C@H]1[C@H](c2ccc(OC)c(OC)c2)CC(=O)C[C@@]1(C)O. The first-order valence-electron chi connectivity index (χ1n) is 7.96. The molecule has 6 nitrogen and oxygen atoms in total. The van der Waals surface area contributed by atoms with Gasteiger partial charge in [0.2, 0.25) is 0 Å². The third-order valence-electron chi connectivity index (χ3n) is 4.45. The van der Waals surface area contributed by atoms with Gasteiger partial charge >= 0.3 is 5.97 Å². The summed E-state index contributed by atoms with van der Waals surface area (Å²) in [5.74, 6) is -0.790. The Bertz CT molecular complexity index is 622. The van der Waals surface area contributed by atoms with Gasteiger partial charge in [-0.2, -0.15) is 0 Å². The van der Waals surface area contributed by atoms with Crippen LogP contribution in [0.3, 0.4) is 0 Å². The summed E-state index contributed by atoms with van der Waals surface area (Å²) in [6.45, 7) is 3.45. The maximum absolute atomic E-state index is 12.4. The van der Waals surface area contributed by atoms with E-state index in [-0.39, 0.29) is 25.2 Å². The zero-order valence-corrected chi connectivity index (χ0v) is 14.5. The average molecular weight is 336 g/mol. The van der Waals surface area contributed by atoms with E-state index in [1.54, 1.807) is 25.1 Å². The highest BCUT2D eigenvalue weighted by atomic mass is 16.5. The molecule has 2 rings (SSSR count). The molecule has 1 fully saturated rings. The van der Waals surface area contributed by atoms with Crippen LogP contribution < -0.4 is 9.47 Å². The fraction of sp³-hybridized carbons (Fsp3) is 0.556. The lowest BCUT2D eigenvalue weighted by Gasteiger charge is -2.40. The highest BCUT2D eigenvalue weighted by Crippen LogP contribution is 2.44. The number of methoxy groups -OCH3 is 2. The van der Waals surface area contributed by atoms with Crippen LogP contribution in [-0.4, -0.2) is 43.3 Å². The molecule has 0 saturated heterocycles. The quantitative estimate of drug-likeness (QED) is 0.829. The maximum Gasteiger partial charge on any atom is 0.312 e. The van der Waals surface area contributed by atoms with E-state index in [0.717, 1.165) is 5.56 Å². The lowest BCUT2D eigenvalue weighted by Crippen LogP contribution is -2.49. The van der Waals surface area contributed by atoms with E-state index in [1.165, 1.54) is 21.1 Å². The van der Waals surface area contributed by atoms with Crippen LogP contribution in [0.5, 0.6) is 11.5 Å². The second-order valence-corrected chi connectivity index (χ2v) is 6.23. The third kappa shape index (κ3) is 3.53. The van der Waals surface area contributed by atoms with Crippen molar-refractivity contribution in [3.63, 3.8) is 0 Å². The molecule has 3 atom stereocenters. The summed E-state index contributed by atoms with van der Waals surface area (Å²) < 4.78 is 15.7. The monoisotopic (exact) mass is 336 g/mol. The Hall–Kier alpha value is -2.08. The van der Waals surface area contributed by atoms with Crippen LogP contribution in [0.2, 0.25) is 0 Å². The summed E-state index contributed by atoms with van der Waals surface area (Å²) in [5.41, 5.74) is -0.710. The predicted octanol–water partition coefficient (Wildman–Crippen LogP) is 2.08. The first-order chi connectivity index (χ1) is 11.3. The van der Waals surface area contributed by atoms with E-state index in [4.69, 9.17) is 14.2 Å². The summed E-state index contributed by atoms with van der Waals surface area (Å²) in [4.78, 5) is 24.5. The van der Waals surface area contributed by atoms with Crippen molar-refractivity contribution in [2.45, 2.75) is 38.2 Å². The molecular weight excluding hydrogens is 312 g/mol. The molecule has 6 heteroatoms. The number of hydrogen-bond acceptors (Lipinski definition) is 6. The zero-order valence-electron chi connectivity index (χ0n) is 14.5. The van der Waals surface area contributed by atoms with E-state index in [2.05, 4.69) is 0 Å². The number of rotatable bonds is 5. The molecule has 1 aliphatic carbocycles. The van der Waals surface area contributed by atoms with Gasteiger partial charge < -0.3 is 19.3 Å². The van der Waals surface area contributed by atoms with Crippen LogP contribution in [0.1, 0.15) is 38.2 Å². The Morgan fingerprint density at radius 2 is 1.96 bits per heavy atom. The molecule has 1 aromatic carbocycles. The van der Waals surface area contributed by atoms with Gasteiger partial charge in [0.15, 0.2) is 11.5 Å². The Kier molecular flexibility index (Phi) is 5.49. The van der Waals surface area contributed by atoms with Crippen LogP contribution in [0, 0.1) is 5.92 Å². The predicted molar refractivity (Wildman–Crippen MR) is 87.3 cm³/mol. The van der Waals surface area contributed by atoms with Crippen LogP contribution >= 0.6 is 0 Å². The molecule has 0 aliphatic heterocycles. The molecule has 1 aromatic rings. The Morgan fingerprint density at radius 1 is 1.29 bits per heavy atom. The molecule has 0 aromatic heterocycles. The van der Waals surface area contributed by atoms with Crippen molar-refractivity contribution in [3.05, 3.63) is 23.8 Å². The minimum atomic E-state index is -1.45. The minimum absolute atomic E-state index is 0.0553. The molecule has 0 heterocycles. The number of carbonyl (C=O) groups excluding carboxylic acids is 2. The van der Waals surface area contributed by atoms with Crippen molar-refractivity contribution < 1.29 is 28.9 Å². The zero-order chi connectivity index (χ0) is 17.9. The number of ether oxygens (including phenoxy) is 3. The van der Waals surface area contributed by atoms with Gasteiger partial charge in [-0.3, -0.25) is 9.59 Å². The summed E-state index contributed by atoms with van der Waals surface area (Å²) in [7, 11) is 3.06. The van der Waals surface area contributed by atoms with Crippen LogP contribution in [0.25, 0.3) is 0 Å². The van der Waals surface area contributed by atoms with Crippen molar-refractivity contribution in [3.8, 4) is 11.5 Å². The van der Waals surface area contributed by atoms with Gasteiger partial charge in [-0.05, 0) is 31.5 Å². The molecule has 0 amide bonds. The van der Waals surface area contributed by atoms with Crippen LogP contribution in [0.15, 0.2) is 18.2 Å². The number of benzene rings is 1. The molecule has 0 spiro atoms. The van der Waals surface area contributed by atoms with E-state index < -0.39 is 23.4 Å². The molecule has 132 valence electrons. The van der Waals surface area contributed by atoms with Crippen molar-refractivity contribution in [1.82, 2.24) is 0 Å². The van der Waals surface area contributed by atoms with Crippen molar-refractivity contribution in [1.29, 1.82) is 0 Å². The summed E-state index contributed by atoms with van der Waals surface area (Å²) in [5, 5.41) is 10.7. The van der Waals surface area contributed by atoms with Gasteiger partial charge in [0, 0.05) is 18.8 Å². The third-order valence-corrected chi connectivity index (χ3v) is 4.45. The fourth-order valence-corrected chi connectivity index (χ4v) is 3.42. The summed E-state index contributed by atoms with van der Waals surface area (Å²) >= 11 is 0. The standard InChI is InChI=1S/C18H24O6/c1-5-24-17(20)16-13(9-12(19)10-18(16,2)21)11-6-7-14(22-3)15(8-11)23-4/h6-8,13,16,21H,5,9-10H2,1-4H3/t13-,16+,18+/m0/s1. The lowest BCUT2D eigenvalue weighted by molar-refractivity contribution is -0.164. The molecule has 0 radical (unpaired) electrons. The highest BCUT2D eigenvalue weighted by Gasteiger charge is 2.49. The van der Waals surface area contributed by atoms with Gasteiger partial charge in [0.05, 0.1) is 32.3 Å². The van der Waals surface area contributed by atoms with E-state index in [0.29, 0.717) is 11.5 Å². The van der Waals surface area contributed by atoms with Gasteiger partial charge in [0.1, 0.15) is 5.78 Å². The average Bonchev–Trinajstić information content (AvgIpc) is 2.52. The number of Topliss-reactive ketones (excluding diaryl/α,β-unsaturated/α-hetero) is 1. The van der Waals surface area contributed by atoms with Crippen LogP contribution in [-0.2, 0) is 14.3 Å². The smallest absolute Gasteiger partial charge is 0.312 e. The number of esters is 1. The molecule has 0 bridgehead atoms. The lowest BCUT2D eigenvalue weighted by atomic mass is 9.67. The molecule has 0 unspecified atom stereocenters. The topological polar surface area (TPSA) is 82.1 Å². The Balaban J connectivity index is 2.46. The van der Waals surface area contributed by atoms with E-state index in [9.17, 15) is 14.7 Å². The molecule has 24 heavy (non-hydrogen) atoms. The number of hydrogen-bond donors (Lipinski definition) is 1. The van der Waals surface area contributed by atoms with E-state index >= 15 is 0 Å². The first-order valence-corrected chi connectivity index (χ1v) is 7.96. The second-order valence-electron chi connectivity index (χ2n) is 6.23. The number of ketones is 1. The number of carbonyl (C=O) groups is 2. The summed E-state index contributed by atoms with van der Waals surface area (Å²) in [6, 6.07) is 5.25. The fourth-order valence-electron chi connectivity index (χ4n) is 3.42. The molecular formula is C18H24O6. The van der Waals surface area contributed by atoms with Gasteiger partial charge in [0.25, 0.3) is 0 Å². The van der Waals surface area contributed by atoms with Crippen molar-refractivity contribution in [2.24, 2.45) is 5.92 Å². The van der Waals surface area contributed by atoms with Crippen molar-refractivity contribution >= 4 is 11.8 Å². The van der Waals surface area contributed by atoms with Gasteiger partial charge in [-0.1, -0.05) is 6.07 Å². The maximum atomic E-state index is 12.4. The summed E-state index contributed by atoms with van der Waals surface area (Å²) in [6.07, 6.45) is 0.120. The second kappa shape index (κ2) is 7.21. The minimum Gasteiger partial charge on any atom is -0.493 e. The van der Waals surface area contributed by atoms with Crippen molar-refractivity contribution in [2.75, 3.05) is 20.8 Å². The van der Waals surface area contributed by atoms with E-state index in [1.807, 2.05) is 0 Å².